The normalized spacial score (nSPS) is 11.1. The zero-order chi connectivity index (χ0) is 25.5. The number of ketones is 1. The summed E-state index contributed by atoms with van der Waals surface area (Å²) < 4.78 is 15.7. The molecule has 2 aromatic carbocycles. The van der Waals surface area contributed by atoms with Gasteiger partial charge < -0.3 is 14.2 Å². The molecule has 3 rings (SSSR count). The maximum absolute atomic E-state index is 13.2. The molecular formula is C27H25NO6S. The van der Waals surface area contributed by atoms with Gasteiger partial charge in [-0.1, -0.05) is 30.3 Å². The van der Waals surface area contributed by atoms with Gasteiger partial charge in [0, 0.05) is 16.9 Å². The van der Waals surface area contributed by atoms with Gasteiger partial charge in [-0.15, -0.1) is 11.3 Å². The molecule has 1 heterocycles. The molecule has 8 heteroatoms. The molecule has 0 bridgehead atoms. The van der Waals surface area contributed by atoms with E-state index in [1.165, 1.54) is 13.2 Å². The summed E-state index contributed by atoms with van der Waals surface area (Å²) in [7, 11) is 1.52. The number of ether oxygens (including phenoxy) is 3. The molecule has 0 N–H and O–H groups in total. The highest BCUT2D eigenvalue weighted by Gasteiger charge is 2.28. The van der Waals surface area contributed by atoms with Crippen LogP contribution < -0.4 is 4.74 Å². The van der Waals surface area contributed by atoms with Crippen molar-refractivity contribution in [3.05, 3.63) is 68.4 Å². The van der Waals surface area contributed by atoms with E-state index in [0.29, 0.717) is 21.8 Å². The molecule has 0 saturated heterocycles. The standard InChI is InChI=1S/C27H25NO6S/c1-5-33-26(30)24-16(3)25(27(31)34-6-2)35-23(24)14-21(29)18(15-28)13-20-19-10-8-7-9-17(19)11-12-22(20)32-4/h7-13H,5-6,14H2,1-4H3/b18-13+. The van der Waals surface area contributed by atoms with E-state index >= 15 is 0 Å². The summed E-state index contributed by atoms with van der Waals surface area (Å²) in [5, 5.41) is 11.6. The first-order valence-corrected chi connectivity index (χ1v) is 11.8. The Balaban J connectivity index is 2.06. The predicted molar refractivity (Wildman–Crippen MR) is 134 cm³/mol. The van der Waals surface area contributed by atoms with Gasteiger partial charge in [0.1, 0.15) is 16.7 Å². The van der Waals surface area contributed by atoms with E-state index in [1.54, 1.807) is 26.8 Å². The Morgan fingerprint density at radius 3 is 2.37 bits per heavy atom. The Hall–Kier alpha value is -3.96. The Labute approximate surface area is 207 Å². The number of thiophene rings is 1. The largest absolute Gasteiger partial charge is 0.496 e. The number of allylic oxidation sites excluding steroid dienone is 1. The van der Waals surface area contributed by atoms with Crippen LogP contribution in [0.1, 0.15) is 49.9 Å². The number of nitrogens with zero attached hydrogens (tertiary/aromatic N) is 1. The molecule has 35 heavy (non-hydrogen) atoms. The van der Waals surface area contributed by atoms with Crippen molar-refractivity contribution < 1.29 is 28.6 Å². The van der Waals surface area contributed by atoms with Gasteiger partial charge in [-0.3, -0.25) is 4.79 Å². The fourth-order valence-corrected chi connectivity index (χ4v) is 4.91. The van der Waals surface area contributed by atoms with E-state index in [-0.39, 0.29) is 35.6 Å². The molecule has 180 valence electrons. The van der Waals surface area contributed by atoms with Crippen molar-refractivity contribution in [2.75, 3.05) is 20.3 Å². The third kappa shape index (κ3) is 5.42. The summed E-state index contributed by atoms with van der Waals surface area (Å²) in [6.07, 6.45) is 1.26. The maximum Gasteiger partial charge on any atom is 0.348 e. The van der Waals surface area contributed by atoms with Gasteiger partial charge in [0.2, 0.25) is 0 Å². The van der Waals surface area contributed by atoms with Crippen LogP contribution >= 0.6 is 11.3 Å². The van der Waals surface area contributed by atoms with Crippen molar-refractivity contribution in [3.8, 4) is 11.8 Å². The third-order valence-electron chi connectivity index (χ3n) is 5.34. The first-order chi connectivity index (χ1) is 16.9. The third-order valence-corrected chi connectivity index (χ3v) is 6.61. The van der Waals surface area contributed by atoms with E-state index < -0.39 is 17.7 Å². The second-order valence-electron chi connectivity index (χ2n) is 7.47. The van der Waals surface area contributed by atoms with E-state index in [0.717, 1.165) is 22.1 Å². The highest BCUT2D eigenvalue weighted by atomic mass is 32.1. The second-order valence-corrected chi connectivity index (χ2v) is 8.57. The zero-order valence-electron chi connectivity index (χ0n) is 20.0. The number of Topliss-reactive ketones (excluding diaryl/α,β-unsaturated/α-hetero) is 1. The lowest BCUT2D eigenvalue weighted by Crippen LogP contribution is -2.12. The molecule has 0 aliphatic rings. The molecule has 0 aliphatic heterocycles. The number of carbonyl (C=O) groups is 3. The van der Waals surface area contributed by atoms with Crippen LogP contribution in [0.4, 0.5) is 0 Å². The molecule has 0 radical (unpaired) electrons. The number of methoxy groups -OCH3 is 1. The smallest absolute Gasteiger partial charge is 0.348 e. The Kier molecular flexibility index (Phi) is 8.39. The van der Waals surface area contributed by atoms with Crippen LogP contribution in [0.5, 0.6) is 5.75 Å². The van der Waals surface area contributed by atoms with Crippen molar-refractivity contribution in [3.63, 3.8) is 0 Å². The Bertz CT molecular complexity index is 1360. The minimum Gasteiger partial charge on any atom is -0.496 e. The van der Waals surface area contributed by atoms with Crippen LogP contribution in [-0.2, 0) is 20.7 Å². The molecular weight excluding hydrogens is 466 g/mol. The van der Waals surface area contributed by atoms with Gasteiger partial charge >= 0.3 is 11.9 Å². The molecule has 0 atom stereocenters. The van der Waals surface area contributed by atoms with Gasteiger partial charge in [0.15, 0.2) is 5.78 Å². The Morgan fingerprint density at radius 2 is 1.71 bits per heavy atom. The molecule has 1 aromatic heterocycles. The molecule has 0 aliphatic carbocycles. The SMILES string of the molecule is CCOC(=O)c1sc(CC(=O)/C(C#N)=C/c2c(OC)ccc3ccccc23)c(C(=O)OCC)c1C. The number of carbonyl (C=O) groups excluding carboxylic acids is 3. The van der Waals surface area contributed by atoms with Gasteiger partial charge in [-0.05, 0) is 49.2 Å². The van der Waals surface area contributed by atoms with Gasteiger partial charge in [0.25, 0.3) is 0 Å². The number of fused-ring (bicyclic) bond motifs is 1. The van der Waals surface area contributed by atoms with E-state index in [1.807, 2.05) is 36.4 Å². The lowest BCUT2D eigenvalue weighted by atomic mass is 9.98. The van der Waals surface area contributed by atoms with E-state index in [9.17, 15) is 19.6 Å². The van der Waals surface area contributed by atoms with Crippen LogP contribution in [0.25, 0.3) is 16.8 Å². The quantitative estimate of drug-likeness (QED) is 0.228. The summed E-state index contributed by atoms with van der Waals surface area (Å²) in [6.45, 7) is 5.28. The molecule has 7 nitrogen and oxygen atoms in total. The number of benzene rings is 2. The van der Waals surface area contributed by atoms with Crippen LogP contribution in [0, 0.1) is 18.3 Å². The highest BCUT2D eigenvalue weighted by Crippen LogP contribution is 2.33. The number of hydrogen-bond acceptors (Lipinski definition) is 8. The second kappa shape index (κ2) is 11.4. The molecule has 0 saturated carbocycles. The zero-order valence-corrected chi connectivity index (χ0v) is 20.8. The van der Waals surface area contributed by atoms with Crippen LogP contribution in [0.2, 0.25) is 0 Å². The first kappa shape index (κ1) is 25.7. The number of esters is 2. The van der Waals surface area contributed by atoms with E-state index in [4.69, 9.17) is 14.2 Å². The van der Waals surface area contributed by atoms with Crippen molar-refractivity contribution >= 4 is 45.9 Å². The van der Waals surface area contributed by atoms with Crippen LogP contribution in [-0.4, -0.2) is 38.0 Å². The predicted octanol–water partition coefficient (Wildman–Crippen LogP) is 5.29. The number of nitriles is 1. The lowest BCUT2D eigenvalue weighted by molar-refractivity contribution is -0.114. The first-order valence-electron chi connectivity index (χ1n) is 11.0. The molecule has 0 spiro atoms. The minimum atomic E-state index is -0.627. The van der Waals surface area contributed by atoms with Crippen molar-refractivity contribution in [2.24, 2.45) is 0 Å². The fraction of sp³-hybridized carbons (Fsp3) is 0.259. The summed E-state index contributed by atoms with van der Waals surface area (Å²) in [6, 6.07) is 13.2. The average Bonchev–Trinajstić information content (AvgIpc) is 3.18. The van der Waals surface area contributed by atoms with Gasteiger partial charge in [0.05, 0.1) is 31.5 Å². The summed E-state index contributed by atoms with van der Waals surface area (Å²) in [5.74, 6) is -1.17. The maximum atomic E-state index is 13.2. The van der Waals surface area contributed by atoms with Crippen LogP contribution in [0.15, 0.2) is 42.0 Å². The van der Waals surface area contributed by atoms with Gasteiger partial charge in [-0.25, -0.2) is 9.59 Å². The summed E-state index contributed by atoms with van der Waals surface area (Å²) >= 11 is 1.00. The fourth-order valence-electron chi connectivity index (χ4n) is 3.72. The van der Waals surface area contributed by atoms with Crippen molar-refractivity contribution in [1.82, 2.24) is 0 Å². The molecule has 0 amide bonds. The highest BCUT2D eigenvalue weighted by molar-refractivity contribution is 7.14. The van der Waals surface area contributed by atoms with Crippen molar-refractivity contribution in [2.45, 2.75) is 27.2 Å². The summed E-state index contributed by atoms with van der Waals surface area (Å²) in [4.78, 5) is 38.9. The Morgan fingerprint density at radius 1 is 1.03 bits per heavy atom. The number of hydrogen-bond donors (Lipinski definition) is 0. The number of rotatable bonds is 9. The molecule has 0 fully saturated rings. The summed E-state index contributed by atoms with van der Waals surface area (Å²) in [5.41, 5.74) is 1.06. The van der Waals surface area contributed by atoms with Crippen LogP contribution in [0.3, 0.4) is 0 Å². The molecule has 3 aromatic rings. The monoisotopic (exact) mass is 491 g/mol. The molecule has 0 unspecified atom stereocenters. The van der Waals surface area contributed by atoms with Gasteiger partial charge in [-0.2, -0.15) is 5.26 Å². The minimum absolute atomic E-state index is 0.0989. The topological polar surface area (TPSA) is 103 Å². The van der Waals surface area contributed by atoms with E-state index in [2.05, 4.69) is 0 Å². The van der Waals surface area contributed by atoms with Crippen molar-refractivity contribution in [1.29, 1.82) is 5.26 Å². The lowest BCUT2D eigenvalue weighted by Gasteiger charge is -2.10. The average molecular weight is 492 g/mol.